The van der Waals surface area contributed by atoms with E-state index in [2.05, 4.69) is 9.97 Å². The summed E-state index contributed by atoms with van der Waals surface area (Å²) in [6.45, 7) is 0. The second-order valence-corrected chi connectivity index (χ2v) is 3.36. The molecule has 0 saturated heterocycles. The molecule has 0 saturated carbocycles. The lowest BCUT2D eigenvalue weighted by Crippen LogP contribution is -1.95. The molecule has 0 atom stereocenters. The molecule has 1 aromatic heterocycles. The Labute approximate surface area is 96.2 Å². The summed E-state index contributed by atoms with van der Waals surface area (Å²) in [7, 11) is 0. The van der Waals surface area contributed by atoms with Gasteiger partial charge in [-0.2, -0.15) is 0 Å². The summed E-state index contributed by atoms with van der Waals surface area (Å²) in [5, 5.41) is 0. The molecule has 0 bridgehead atoms. The Morgan fingerprint density at radius 1 is 1.18 bits per heavy atom. The molecule has 0 spiro atoms. The van der Waals surface area contributed by atoms with Crippen molar-refractivity contribution >= 4 is 0 Å². The van der Waals surface area contributed by atoms with Crippen molar-refractivity contribution in [2.45, 2.75) is 6.43 Å². The molecule has 0 aliphatic heterocycles. The fraction of sp³-hybridized carbons (Fsp3) is 0.0833. The van der Waals surface area contributed by atoms with Gasteiger partial charge in [0.2, 0.25) is 0 Å². The number of alkyl halides is 2. The molecule has 17 heavy (non-hydrogen) atoms. The third-order valence-corrected chi connectivity index (χ3v) is 2.15. The predicted molar refractivity (Wildman–Crippen MR) is 55.9 cm³/mol. The average Bonchev–Trinajstić information content (AvgIpc) is 2.32. The van der Waals surface area contributed by atoms with Gasteiger partial charge in [0.1, 0.15) is 5.82 Å². The van der Waals surface area contributed by atoms with Crippen LogP contribution in [0.3, 0.4) is 0 Å². The maximum Gasteiger partial charge on any atom is 0.266 e. The standard InChI is InChI=1S/C12H8F3N2/c13-11-2-1-8(6-10(11)12(14)15)5-9-7-16-3-4-17-9/h1-7,12H. The molecular weight excluding hydrogens is 229 g/mol. The molecule has 0 unspecified atom stereocenters. The lowest BCUT2D eigenvalue weighted by atomic mass is 10.1. The van der Waals surface area contributed by atoms with Gasteiger partial charge in [0.25, 0.3) is 6.43 Å². The number of benzene rings is 1. The van der Waals surface area contributed by atoms with E-state index in [0.29, 0.717) is 11.3 Å². The summed E-state index contributed by atoms with van der Waals surface area (Å²) in [5.74, 6) is -0.906. The minimum absolute atomic E-state index is 0.460. The van der Waals surface area contributed by atoms with Crippen molar-refractivity contribution in [1.82, 2.24) is 9.97 Å². The van der Waals surface area contributed by atoms with Gasteiger partial charge in [-0.25, -0.2) is 13.2 Å². The first-order chi connectivity index (χ1) is 8.16. The normalized spacial score (nSPS) is 10.8. The molecule has 0 fully saturated rings. The molecule has 5 heteroatoms. The highest BCUT2D eigenvalue weighted by atomic mass is 19.3. The van der Waals surface area contributed by atoms with Crippen LogP contribution in [0.15, 0.2) is 36.8 Å². The zero-order chi connectivity index (χ0) is 12.3. The topological polar surface area (TPSA) is 25.8 Å². The second kappa shape index (κ2) is 4.95. The van der Waals surface area contributed by atoms with E-state index in [1.165, 1.54) is 24.7 Å². The lowest BCUT2D eigenvalue weighted by Gasteiger charge is -2.05. The van der Waals surface area contributed by atoms with Crippen molar-refractivity contribution in [3.8, 4) is 0 Å². The van der Waals surface area contributed by atoms with Crippen LogP contribution in [-0.2, 0) is 0 Å². The van der Waals surface area contributed by atoms with E-state index in [0.717, 1.165) is 12.1 Å². The molecule has 2 aromatic rings. The Balaban J connectivity index is 2.26. The van der Waals surface area contributed by atoms with Gasteiger partial charge in [-0.05, 0) is 17.7 Å². The number of aromatic nitrogens is 2. The average molecular weight is 237 g/mol. The van der Waals surface area contributed by atoms with E-state index in [9.17, 15) is 13.2 Å². The van der Waals surface area contributed by atoms with Crippen LogP contribution in [0.4, 0.5) is 13.2 Å². The van der Waals surface area contributed by atoms with Gasteiger partial charge in [-0.15, -0.1) is 0 Å². The smallest absolute Gasteiger partial charge is 0.261 e. The van der Waals surface area contributed by atoms with E-state index in [1.54, 1.807) is 6.42 Å². The molecule has 87 valence electrons. The molecule has 2 nitrogen and oxygen atoms in total. The summed E-state index contributed by atoms with van der Waals surface area (Å²) in [6.07, 6.45) is 3.21. The maximum atomic E-state index is 13.0. The lowest BCUT2D eigenvalue weighted by molar-refractivity contribution is 0.146. The molecule has 2 rings (SSSR count). The van der Waals surface area contributed by atoms with Crippen LogP contribution in [0, 0.1) is 12.2 Å². The van der Waals surface area contributed by atoms with Crippen molar-refractivity contribution in [3.05, 3.63) is 65.8 Å². The number of hydrogen-bond donors (Lipinski definition) is 0. The number of halogens is 3. The molecular formula is C12H8F3N2. The Bertz CT molecular complexity index is 500. The van der Waals surface area contributed by atoms with Crippen LogP contribution in [-0.4, -0.2) is 9.97 Å². The van der Waals surface area contributed by atoms with Crippen molar-refractivity contribution < 1.29 is 13.2 Å². The monoisotopic (exact) mass is 237 g/mol. The van der Waals surface area contributed by atoms with E-state index >= 15 is 0 Å². The highest BCUT2D eigenvalue weighted by Crippen LogP contribution is 2.24. The van der Waals surface area contributed by atoms with Crippen LogP contribution in [0.1, 0.15) is 23.2 Å². The van der Waals surface area contributed by atoms with Crippen LogP contribution >= 0.6 is 0 Å². The first kappa shape index (κ1) is 11.6. The first-order valence-corrected chi connectivity index (χ1v) is 4.85. The minimum Gasteiger partial charge on any atom is -0.261 e. The second-order valence-electron chi connectivity index (χ2n) is 3.36. The van der Waals surface area contributed by atoms with Crippen molar-refractivity contribution in [2.24, 2.45) is 0 Å². The van der Waals surface area contributed by atoms with Gasteiger partial charge in [0, 0.05) is 25.0 Å². The molecule has 1 aromatic carbocycles. The van der Waals surface area contributed by atoms with Crippen LogP contribution in [0.2, 0.25) is 0 Å². The molecule has 0 amide bonds. The molecule has 1 heterocycles. The zero-order valence-corrected chi connectivity index (χ0v) is 8.65. The van der Waals surface area contributed by atoms with Crippen LogP contribution < -0.4 is 0 Å². The van der Waals surface area contributed by atoms with Crippen LogP contribution in [0.25, 0.3) is 0 Å². The van der Waals surface area contributed by atoms with Crippen molar-refractivity contribution in [3.63, 3.8) is 0 Å². The summed E-state index contributed by atoms with van der Waals surface area (Å²) in [4.78, 5) is 7.81. The SMILES string of the molecule is Fc1ccc([CH]c2cnccn2)cc1C(F)F. The Hall–Kier alpha value is -1.91. The molecule has 0 aliphatic carbocycles. The van der Waals surface area contributed by atoms with Gasteiger partial charge in [0.05, 0.1) is 11.3 Å². The largest absolute Gasteiger partial charge is 0.266 e. The Morgan fingerprint density at radius 2 is 2.00 bits per heavy atom. The third kappa shape index (κ3) is 2.81. The molecule has 0 aliphatic rings. The molecule has 1 radical (unpaired) electrons. The number of rotatable bonds is 3. The highest BCUT2D eigenvalue weighted by Gasteiger charge is 2.14. The minimum atomic E-state index is -2.83. The molecule has 0 N–H and O–H groups in total. The third-order valence-electron chi connectivity index (χ3n) is 2.15. The van der Waals surface area contributed by atoms with E-state index < -0.39 is 17.8 Å². The van der Waals surface area contributed by atoms with Gasteiger partial charge in [-0.3, -0.25) is 9.97 Å². The van der Waals surface area contributed by atoms with Gasteiger partial charge in [0.15, 0.2) is 0 Å². The number of hydrogen-bond acceptors (Lipinski definition) is 2. The predicted octanol–water partition coefficient (Wildman–Crippen LogP) is 3.15. The van der Waals surface area contributed by atoms with Crippen molar-refractivity contribution in [1.29, 1.82) is 0 Å². The van der Waals surface area contributed by atoms with E-state index in [4.69, 9.17) is 0 Å². The summed E-state index contributed by atoms with van der Waals surface area (Å²) < 4.78 is 38.0. The first-order valence-electron chi connectivity index (χ1n) is 4.85. The van der Waals surface area contributed by atoms with Crippen LogP contribution in [0.5, 0.6) is 0 Å². The number of nitrogens with zero attached hydrogens (tertiary/aromatic N) is 2. The summed E-state index contributed by atoms with van der Waals surface area (Å²) in [6, 6.07) is 3.54. The van der Waals surface area contributed by atoms with Gasteiger partial charge < -0.3 is 0 Å². The zero-order valence-electron chi connectivity index (χ0n) is 8.65. The van der Waals surface area contributed by atoms with Crippen molar-refractivity contribution in [2.75, 3.05) is 0 Å². The summed E-state index contributed by atoms with van der Waals surface area (Å²) in [5.41, 5.74) is 0.379. The van der Waals surface area contributed by atoms with E-state index in [1.807, 2.05) is 0 Å². The Kier molecular flexibility index (Phi) is 3.37. The maximum absolute atomic E-state index is 13.0. The highest BCUT2D eigenvalue weighted by molar-refractivity contribution is 5.35. The summed E-state index contributed by atoms with van der Waals surface area (Å²) >= 11 is 0. The van der Waals surface area contributed by atoms with E-state index in [-0.39, 0.29) is 0 Å². The van der Waals surface area contributed by atoms with Gasteiger partial charge >= 0.3 is 0 Å². The Morgan fingerprint density at radius 3 is 2.65 bits per heavy atom. The van der Waals surface area contributed by atoms with Gasteiger partial charge in [-0.1, -0.05) is 6.07 Å². The fourth-order valence-electron chi connectivity index (χ4n) is 1.38. The fourth-order valence-corrected chi connectivity index (χ4v) is 1.38. The quantitative estimate of drug-likeness (QED) is 0.819.